The smallest absolute Gasteiger partial charge is 0.255 e. The first-order valence-corrected chi connectivity index (χ1v) is 6.56. The standard InChI is InChI=1S/C14H22N2O/c1-4-7-16-11(3)8-10(2)13(14(16)17)9-15-12-5-6-12/h8,12,15H,4-7,9H2,1-3H3. The predicted molar refractivity (Wildman–Crippen MR) is 70.3 cm³/mol. The van der Waals surface area contributed by atoms with Crippen molar-refractivity contribution in [1.29, 1.82) is 0 Å². The van der Waals surface area contributed by atoms with Crippen molar-refractivity contribution >= 4 is 0 Å². The van der Waals surface area contributed by atoms with Gasteiger partial charge in [0.15, 0.2) is 0 Å². The summed E-state index contributed by atoms with van der Waals surface area (Å²) in [6.45, 7) is 7.70. The summed E-state index contributed by atoms with van der Waals surface area (Å²) < 4.78 is 1.90. The molecule has 0 amide bonds. The zero-order valence-electron chi connectivity index (χ0n) is 11.0. The SMILES string of the molecule is CCCn1c(C)cc(C)c(CNC2CC2)c1=O. The van der Waals surface area contributed by atoms with Crippen LogP contribution < -0.4 is 10.9 Å². The second-order valence-electron chi connectivity index (χ2n) is 5.06. The van der Waals surface area contributed by atoms with Gasteiger partial charge in [0.05, 0.1) is 0 Å². The maximum atomic E-state index is 12.4. The Bertz CT molecular complexity index is 458. The van der Waals surface area contributed by atoms with Crippen molar-refractivity contribution in [2.24, 2.45) is 0 Å². The van der Waals surface area contributed by atoms with Crippen LogP contribution in [0.2, 0.25) is 0 Å². The Morgan fingerprint density at radius 1 is 1.41 bits per heavy atom. The Morgan fingerprint density at radius 3 is 2.71 bits per heavy atom. The van der Waals surface area contributed by atoms with E-state index in [1.165, 1.54) is 12.8 Å². The highest BCUT2D eigenvalue weighted by atomic mass is 16.1. The van der Waals surface area contributed by atoms with Gasteiger partial charge in [-0.3, -0.25) is 4.79 Å². The van der Waals surface area contributed by atoms with Gasteiger partial charge >= 0.3 is 0 Å². The van der Waals surface area contributed by atoms with E-state index in [0.29, 0.717) is 6.04 Å². The van der Waals surface area contributed by atoms with E-state index < -0.39 is 0 Å². The zero-order chi connectivity index (χ0) is 12.4. The molecule has 17 heavy (non-hydrogen) atoms. The van der Waals surface area contributed by atoms with Crippen molar-refractivity contribution in [3.63, 3.8) is 0 Å². The van der Waals surface area contributed by atoms with Crippen LogP contribution in [0.4, 0.5) is 0 Å². The summed E-state index contributed by atoms with van der Waals surface area (Å²) in [6.07, 6.45) is 3.52. The van der Waals surface area contributed by atoms with Gasteiger partial charge in [0.2, 0.25) is 0 Å². The normalized spacial score (nSPS) is 15.2. The van der Waals surface area contributed by atoms with Crippen molar-refractivity contribution in [2.75, 3.05) is 0 Å². The van der Waals surface area contributed by atoms with Crippen molar-refractivity contribution in [3.8, 4) is 0 Å². The second kappa shape index (κ2) is 5.05. The van der Waals surface area contributed by atoms with Gasteiger partial charge in [0, 0.05) is 30.4 Å². The molecule has 0 aromatic carbocycles. The molecule has 94 valence electrons. The van der Waals surface area contributed by atoms with Crippen LogP contribution in [0.5, 0.6) is 0 Å². The lowest BCUT2D eigenvalue weighted by atomic mass is 10.1. The summed E-state index contributed by atoms with van der Waals surface area (Å²) in [5, 5.41) is 3.43. The number of nitrogens with one attached hydrogen (secondary N) is 1. The number of aryl methyl sites for hydroxylation is 2. The summed E-state index contributed by atoms with van der Waals surface area (Å²) in [6, 6.07) is 2.77. The number of rotatable bonds is 5. The van der Waals surface area contributed by atoms with E-state index >= 15 is 0 Å². The summed E-state index contributed by atoms with van der Waals surface area (Å²) in [7, 11) is 0. The van der Waals surface area contributed by atoms with E-state index in [2.05, 4.69) is 18.3 Å². The van der Waals surface area contributed by atoms with Crippen molar-refractivity contribution in [3.05, 3.63) is 33.2 Å². The van der Waals surface area contributed by atoms with Crippen LogP contribution in [0.3, 0.4) is 0 Å². The molecular formula is C14H22N2O. The highest BCUT2D eigenvalue weighted by molar-refractivity contribution is 5.26. The topological polar surface area (TPSA) is 34.0 Å². The minimum Gasteiger partial charge on any atom is -0.313 e. The Hall–Kier alpha value is -1.09. The van der Waals surface area contributed by atoms with Crippen molar-refractivity contribution in [2.45, 2.75) is 59.2 Å². The van der Waals surface area contributed by atoms with Gasteiger partial charge in [-0.15, -0.1) is 0 Å². The van der Waals surface area contributed by atoms with E-state index in [4.69, 9.17) is 0 Å². The highest BCUT2D eigenvalue weighted by Gasteiger charge is 2.21. The average Bonchev–Trinajstić information content (AvgIpc) is 3.07. The molecule has 0 saturated heterocycles. The minimum absolute atomic E-state index is 0.192. The molecule has 1 fully saturated rings. The third-order valence-electron chi connectivity index (χ3n) is 3.42. The average molecular weight is 234 g/mol. The molecule has 3 heteroatoms. The molecule has 0 unspecified atom stereocenters. The number of pyridine rings is 1. The monoisotopic (exact) mass is 234 g/mol. The molecule has 3 nitrogen and oxygen atoms in total. The fraction of sp³-hybridized carbons (Fsp3) is 0.643. The Morgan fingerprint density at radius 2 is 2.12 bits per heavy atom. The van der Waals surface area contributed by atoms with Crippen LogP contribution in [0.1, 0.15) is 43.0 Å². The van der Waals surface area contributed by atoms with Gasteiger partial charge < -0.3 is 9.88 Å². The molecule has 1 aliphatic rings. The van der Waals surface area contributed by atoms with Crippen molar-refractivity contribution in [1.82, 2.24) is 9.88 Å². The van der Waals surface area contributed by atoms with E-state index in [1.807, 2.05) is 18.4 Å². The lowest BCUT2D eigenvalue weighted by molar-refractivity contribution is 0.610. The number of hydrogen-bond acceptors (Lipinski definition) is 2. The molecule has 0 aliphatic heterocycles. The third kappa shape index (κ3) is 2.78. The first-order valence-electron chi connectivity index (χ1n) is 6.56. The van der Waals surface area contributed by atoms with E-state index in [0.717, 1.165) is 36.3 Å². The van der Waals surface area contributed by atoms with Crippen LogP contribution in [-0.2, 0) is 13.1 Å². The first-order chi connectivity index (χ1) is 8.13. The fourth-order valence-corrected chi connectivity index (χ4v) is 2.22. The van der Waals surface area contributed by atoms with E-state index in [9.17, 15) is 4.79 Å². The molecule has 0 spiro atoms. The molecular weight excluding hydrogens is 212 g/mol. The highest BCUT2D eigenvalue weighted by Crippen LogP contribution is 2.19. The van der Waals surface area contributed by atoms with Crippen LogP contribution in [0.25, 0.3) is 0 Å². The summed E-state index contributed by atoms with van der Waals surface area (Å²) in [5.74, 6) is 0. The second-order valence-corrected chi connectivity index (χ2v) is 5.06. The summed E-state index contributed by atoms with van der Waals surface area (Å²) >= 11 is 0. The van der Waals surface area contributed by atoms with E-state index in [-0.39, 0.29) is 5.56 Å². The van der Waals surface area contributed by atoms with Gasteiger partial charge in [-0.05, 0) is 44.7 Å². The van der Waals surface area contributed by atoms with Crippen LogP contribution >= 0.6 is 0 Å². The molecule has 1 aliphatic carbocycles. The molecule has 1 N–H and O–H groups in total. The Balaban J connectivity index is 2.28. The van der Waals surface area contributed by atoms with Gasteiger partial charge in [-0.25, -0.2) is 0 Å². The number of hydrogen-bond donors (Lipinski definition) is 1. The maximum Gasteiger partial charge on any atom is 0.255 e. The molecule has 1 aromatic heterocycles. The molecule has 1 aromatic rings. The third-order valence-corrected chi connectivity index (χ3v) is 3.42. The van der Waals surface area contributed by atoms with Crippen molar-refractivity contribution < 1.29 is 0 Å². The maximum absolute atomic E-state index is 12.4. The first kappa shape index (κ1) is 12.4. The lowest BCUT2D eigenvalue weighted by Crippen LogP contribution is -2.30. The number of nitrogens with zero attached hydrogens (tertiary/aromatic N) is 1. The largest absolute Gasteiger partial charge is 0.313 e. The number of aromatic nitrogens is 1. The van der Waals surface area contributed by atoms with Crippen LogP contribution in [0, 0.1) is 13.8 Å². The van der Waals surface area contributed by atoms with Gasteiger partial charge in [-0.1, -0.05) is 6.92 Å². The Kier molecular flexibility index (Phi) is 3.67. The quantitative estimate of drug-likeness (QED) is 0.847. The molecule has 0 bridgehead atoms. The molecule has 0 radical (unpaired) electrons. The molecule has 0 atom stereocenters. The van der Waals surface area contributed by atoms with Gasteiger partial charge in [-0.2, -0.15) is 0 Å². The lowest BCUT2D eigenvalue weighted by Gasteiger charge is -2.14. The summed E-state index contributed by atoms with van der Waals surface area (Å²) in [4.78, 5) is 12.4. The van der Waals surface area contributed by atoms with Crippen LogP contribution in [-0.4, -0.2) is 10.6 Å². The molecule has 1 heterocycles. The van der Waals surface area contributed by atoms with Crippen LogP contribution in [0.15, 0.2) is 10.9 Å². The molecule has 1 saturated carbocycles. The Labute approximate surface area is 103 Å². The zero-order valence-corrected chi connectivity index (χ0v) is 11.0. The van der Waals surface area contributed by atoms with Gasteiger partial charge in [0.25, 0.3) is 5.56 Å². The van der Waals surface area contributed by atoms with Gasteiger partial charge in [0.1, 0.15) is 0 Å². The minimum atomic E-state index is 0.192. The summed E-state index contributed by atoms with van der Waals surface area (Å²) in [5.41, 5.74) is 3.32. The molecule has 2 rings (SSSR count). The van der Waals surface area contributed by atoms with E-state index in [1.54, 1.807) is 0 Å². The fourth-order valence-electron chi connectivity index (χ4n) is 2.22. The predicted octanol–water partition coefficient (Wildman–Crippen LogP) is 2.13.